The summed E-state index contributed by atoms with van der Waals surface area (Å²) in [5.74, 6) is 2.59. The highest BCUT2D eigenvalue weighted by atomic mass is 32.2. The summed E-state index contributed by atoms with van der Waals surface area (Å²) in [7, 11) is -1.66. The molecule has 0 unspecified atom stereocenters. The number of amides is 1. The van der Waals surface area contributed by atoms with E-state index in [-0.39, 0.29) is 16.4 Å². The van der Waals surface area contributed by atoms with Gasteiger partial charge in [-0.2, -0.15) is 4.31 Å². The Labute approximate surface area is 179 Å². The molecule has 1 amide bonds. The number of nitrogens with one attached hydrogen (secondary N) is 1. The third-order valence-electron chi connectivity index (χ3n) is 8.24. The first kappa shape index (κ1) is 20.5. The van der Waals surface area contributed by atoms with Gasteiger partial charge in [0.1, 0.15) is 0 Å². The number of hydrogen-bond donors (Lipinski definition) is 1. The van der Waals surface area contributed by atoms with Crippen LogP contribution in [0.1, 0.15) is 55.3 Å². The average molecular weight is 433 g/mol. The molecule has 0 atom stereocenters. The van der Waals surface area contributed by atoms with E-state index in [0.29, 0.717) is 37.0 Å². The van der Waals surface area contributed by atoms with Crippen molar-refractivity contribution in [3.8, 4) is 0 Å². The van der Waals surface area contributed by atoms with E-state index in [0.717, 1.165) is 24.7 Å². The van der Waals surface area contributed by atoms with Crippen molar-refractivity contribution in [2.75, 3.05) is 26.7 Å². The third-order valence-corrected chi connectivity index (χ3v) is 10.2. The quantitative estimate of drug-likeness (QED) is 0.750. The highest BCUT2D eigenvalue weighted by Gasteiger charge is 2.57. The fourth-order valence-electron chi connectivity index (χ4n) is 6.85. The van der Waals surface area contributed by atoms with Crippen molar-refractivity contribution in [2.45, 2.75) is 55.4 Å². The maximum absolute atomic E-state index is 12.8. The number of benzene rings is 1. The van der Waals surface area contributed by atoms with Crippen LogP contribution in [-0.2, 0) is 14.8 Å². The molecule has 6 rings (SSSR count). The molecule has 1 N–H and O–H groups in total. The van der Waals surface area contributed by atoms with Gasteiger partial charge in [0.2, 0.25) is 10.0 Å². The summed E-state index contributed by atoms with van der Waals surface area (Å²) in [4.78, 5) is 13.1. The maximum Gasteiger partial charge on any atom is 0.251 e. The molecule has 1 aliphatic heterocycles. The minimum Gasteiger partial charge on any atom is -0.376 e. The zero-order chi connectivity index (χ0) is 20.9. The van der Waals surface area contributed by atoms with Crippen LogP contribution in [0.5, 0.6) is 0 Å². The number of carbonyl (C=O) groups excluding carboxylic acids is 1. The first-order valence-electron chi connectivity index (χ1n) is 11.4. The molecule has 1 aromatic carbocycles. The Bertz CT molecular complexity index is 878. The van der Waals surface area contributed by atoms with Crippen molar-refractivity contribution in [3.05, 3.63) is 29.8 Å². The van der Waals surface area contributed by atoms with Crippen molar-refractivity contribution in [1.82, 2.24) is 9.62 Å². The van der Waals surface area contributed by atoms with Crippen molar-refractivity contribution in [2.24, 2.45) is 23.7 Å². The predicted molar refractivity (Wildman–Crippen MR) is 114 cm³/mol. The van der Waals surface area contributed by atoms with E-state index in [1.807, 2.05) is 0 Å². The van der Waals surface area contributed by atoms with Crippen LogP contribution in [0.3, 0.4) is 0 Å². The first-order chi connectivity index (χ1) is 14.4. The van der Waals surface area contributed by atoms with Gasteiger partial charge in [0, 0.05) is 32.3 Å². The lowest BCUT2D eigenvalue weighted by atomic mass is 9.49. The van der Waals surface area contributed by atoms with Gasteiger partial charge in [0.25, 0.3) is 5.91 Å². The normalized spacial score (nSPS) is 35.6. The van der Waals surface area contributed by atoms with Gasteiger partial charge in [-0.05, 0) is 92.9 Å². The maximum atomic E-state index is 12.8. The summed E-state index contributed by atoms with van der Waals surface area (Å²) < 4.78 is 33.0. The van der Waals surface area contributed by atoms with Crippen molar-refractivity contribution >= 4 is 15.9 Å². The van der Waals surface area contributed by atoms with Gasteiger partial charge in [0.05, 0.1) is 10.5 Å². The largest absolute Gasteiger partial charge is 0.376 e. The van der Waals surface area contributed by atoms with Crippen LogP contribution in [0.15, 0.2) is 29.2 Å². The van der Waals surface area contributed by atoms with Crippen LogP contribution in [0.2, 0.25) is 0 Å². The molecule has 30 heavy (non-hydrogen) atoms. The van der Waals surface area contributed by atoms with E-state index in [2.05, 4.69) is 5.32 Å². The second kappa shape index (κ2) is 7.61. The van der Waals surface area contributed by atoms with Crippen LogP contribution < -0.4 is 5.32 Å². The van der Waals surface area contributed by atoms with Gasteiger partial charge < -0.3 is 10.1 Å². The van der Waals surface area contributed by atoms with E-state index >= 15 is 0 Å². The zero-order valence-corrected chi connectivity index (χ0v) is 18.5. The number of nitrogens with zero attached hydrogens (tertiary/aromatic N) is 1. The SMILES string of the molecule is COC1(CNC(=O)c2ccc(S(=O)(=O)N3CCCC3)cc2)C2CC3CC(C2)CC1C3. The molecule has 1 aromatic rings. The number of carbonyl (C=O) groups is 1. The van der Waals surface area contributed by atoms with E-state index < -0.39 is 10.0 Å². The molecule has 0 aromatic heterocycles. The minimum absolute atomic E-state index is 0.162. The molecule has 7 heteroatoms. The molecule has 164 valence electrons. The Morgan fingerprint density at radius 1 is 1.03 bits per heavy atom. The molecule has 4 aliphatic carbocycles. The lowest BCUT2D eigenvalue weighted by Crippen LogP contribution is -2.63. The Balaban J connectivity index is 1.27. The number of methoxy groups -OCH3 is 1. The van der Waals surface area contributed by atoms with Gasteiger partial charge in [-0.25, -0.2) is 8.42 Å². The van der Waals surface area contributed by atoms with Gasteiger partial charge in [-0.15, -0.1) is 0 Å². The summed E-state index contributed by atoms with van der Waals surface area (Å²) >= 11 is 0. The standard InChI is InChI=1S/C23H32N2O4S/c1-29-23(19-11-16-10-17(13-19)14-20(23)12-16)15-24-22(26)18-4-6-21(7-5-18)30(27,28)25-8-2-3-9-25/h4-7,16-17,19-20H,2-3,8-15H2,1H3,(H,24,26). The lowest BCUT2D eigenvalue weighted by molar-refractivity contribution is -0.186. The zero-order valence-electron chi connectivity index (χ0n) is 17.7. The molecular formula is C23H32N2O4S. The second-order valence-corrected chi connectivity index (χ2v) is 11.7. The third kappa shape index (κ3) is 3.30. The van der Waals surface area contributed by atoms with E-state index in [1.165, 1.54) is 36.4 Å². The molecule has 1 saturated heterocycles. The Kier molecular flexibility index (Phi) is 5.19. The lowest BCUT2D eigenvalue weighted by Gasteiger charge is -2.60. The Morgan fingerprint density at radius 2 is 1.60 bits per heavy atom. The average Bonchev–Trinajstić information content (AvgIpc) is 3.29. The van der Waals surface area contributed by atoms with Gasteiger partial charge >= 0.3 is 0 Å². The Morgan fingerprint density at radius 3 is 2.13 bits per heavy atom. The molecule has 1 heterocycles. The smallest absolute Gasteiger partial charge is 0.251 e. The van der Waals surface area contributed by atoms with Crippen molar-refractivity contribution < 1.29 is 17.9 Å². The van der Waals surface area contributed by atoms with Gasteiger partial charge in [-0.1, -0.05) is 0 Å². The number of hydrogen-bond acceptors (Lipinski definition) is 4. The molecule has 0 radical (unpaired) electrons. The molecule has 5 fully saturated rings. The van der Waals surface area contributed by atoms with Gasteiger partial charge in [-0.3, -0.25) is 4.79 Å². The summed E-state index contributed by atoms with van der Waals surface area (Å²) in [6.45, 7) is 1.69. The highest BCUT2D eigenvalue weighted by Crippen LogP contribution is 2.59. The summed E-state index contributed by atoms with van der Waals surface area (Å²) in [6.07, 6.45) is 8.08. The highest BCUT2D eigenvalue weighted by molar-refractivity contribution is 7.89. The van der Waals surface area contributed by atoms with Crippen molar-refractivity contribution in [3.63, 3.8) is 0 Å². The summed E-state index contributed by atoms with van der Waals surface area (Å²) in [6, 6.07) is 6.35. The first-order valence-corrected chi connectivity index (χ1v) is 12.8. The van der Waals surface area contributed by atoms with Crippen LogP contribution >= 0.6 is 0 Å². The van der Waals surface area contributed by atoms with E-state index in [9.17, 15) is 13.2 Å². The van der Waals surface area contributed by atoms with E-state index in [4.69, 9.17) is 4.74 Å². The molecule has 4 bridgehead atoms. The second-order valence-electron chi connectivity index (χ2n) is 9.78. The minimum atomic E-state index is -3.45. The topological polar surface area (TPSA) is 75.7 Å². The van der Waals surface area contributed by atoms with Gasteiger partial charge in [0.15, 0.2) is 0 Å². The van der Waals surface area contributed by atoms with E-state index in [1.54, 1.807) is 31.4 Å². The monoisotopic (exact) mass is 432 g/mol. The van der Waals surface area contributed by atoms with Crippen molar-refractivity contribution in [1.29, 1.82) is 0 Å². The Hall–Kier alpha value is -1.44. The molecular weight excluding hydrogens is 400 g/mol. The number of rotatable bonds is 6. The van der Waals surface area contributed by atoms with Crippen LogP contribution in [0.25, 0.3) is 0 Å². The number of ether oxygens (including phenoxy) is 1. The molecule has 4 saturated carbocycles. The van der Waals surface area contributed by atoms with Crippen LogP contribution in [0, 0.1) is 23.7 Å². The van der Waals surface area contributed by atoms with Crippen LogP contribution in [0.4, 0.5) is 0 Å². The fourth-order valence-corrected chi connectivity index (χ4v) is 8.37. The molecule has 6 nitrogen and oxygen atoms in total. The number of sulfonamides is 1. The fraction of sp³-hybridized carbons (Fsp3) is 0.696. The molecule has 0 spiro atoms. The summed E-state index contributed by atoms with van der Waals surface area (Å²) in [5, 5.41) is 3.11. The molecule has 5 aliphatic rings. The van der Waals surface area contributed by atoms with Crippen LogP contribution in [-0.4, -0.2) is 51.0 Å². The summed E-state index contributed by atoms with van der Waals surface area (Å²) in [5.41, 5.74) is 0.243. The predicted octanol–water partition coefficient (Wildman–Crippen LogP) is 3.04.